The highest BCUT2D eigenvalue weighted by atomic mass is 16.2. The Hall–Kier alpha value is -1.91. The molecule has 2 fully saturated rings. The van der Waals surface area contributed by atoms with Crippen LogP contribution in [-0.4, -0.2) is 52.3 Å². The molecule has 1 atom stereocenters. The van der Waals surface area contributed by atoms with E-state index in [1.807, 2.05) is 29.8 Å². The van der Waals surface area contributed by atoms with E-state index < -0.39 is 0 Å². The molecule has 1 aromatic heterocycles. The van der Waals surface area contributed by atoms with Gasteiger partial charge in [0.2, 0.25) is 5.91 Å². The predicted octanol–water partition coefficient (Wildman–Crippen LogP) is 2.01. The Balaban J connectivity index is 1.81. The van der Waals surface area contributed by atoms with Crippen molar-refractivity contribution in [3.63, 3.8) is 0 Å². The van der Waals surface area contributed by atoms with E-state index in [9.17, 15) is 9.59 Å². The maximum Gasteiger partial charge on any atom is 0.255 e. The molecule has 2 amide bonds. The Kier molecular flexibility index (Phi) is 3.89. The van der Waals surface area contributed by atoms with Gasteiger partial charge in [0.1, 0.15) is 0 Å². The third kappa shape index (κ3) is 2.60. The Bertz CT molecular complexity index is 597. The van der Waals surface area contributed by atoms with Crippen molar-refractivity contribution in [1.82, 2.24) is 14.8 Å². The molecule has 0 bridgehead atoms. The van der Waals surface area contributed by atoms with Crippen molar-refractivity contribution in [2.75, 3.05) is 20.1 Å². The lowest BCUT2D eigenvalue weighted by molar-refractivity contribution is -0.142. The van der Waals surface area contributed by atoms with Gasteiger partial charge in [-0.15, -0.1) is 0 Å². The summed E-state index contributed by atoms with van der Waals surface area (Å²) in [5, 5.41) is 0. The van der Waals surface area contributed by atoms with Crippen molar-refractivity contribution in [3.05, 3.63) is 29.6 Å². The summed E-state index contributed by atoms with van der Waals surface area (Å²) in [6, 6.07) is 1.88. The highest BCUT2D eigenvalue weighted by Gasteiger charge is 2.44. The van der Waals surface area contributed by atoms with Crippen LogP contribution in [0.3, 0.4) is 0 Å². The Morgan fingerprint density at radius 2 is 2.05 bits per heavy atom. The average Bonchev–Trinajstić information content (AvgIpc) is 2.52. The van der Waals surface area contributed by atoms with E-state index >= 15 is 0 Å². The van der Waals surface area contributed by atoms with Crippen LogP contribution in [-0.2, 0) is 4.79 Å². The van der Waals surface area contributed by atoms with Crippen LogP contribution in [0.4, 0.5) is 0 Å². The molecule has 5 heteroatoms. The van der Waals surface area contributed by atoms with E-state index in [1.54, 1.807) is 12.4 Å². The maximum atomic E-state index is 12.7. The Labute approximate surface area is 131 Å². The van der Waals surface area contributed by atoms with Gasteiger partial charge < -0.3 is 9.80 Å². The number of rotatable bonds is 1. The number of likely N-dealkylation sites (tertiary alicyclic amines) is 2. The minimum atomic E-state index is -0.166. The van der Waals surface area contributed by atoms with Gasteiger partial charge in [0.05, 0.1) is 11.1 Å². The van der Waals surface area contributed by atoms with Crippen molar-refractivity contribution < 1.29 is 9.59 Å². The van der Waals surface area contributed by atoms with Gasteiger partial charge in [-0.05, 0) is 44.2 Å². The smallest absolute Gasteiger partial charge is 0.255 e. The summed E-state index contributed by atoms with van der Waals surface area (Å²) in [6.07, 6.45) is 7.87. The first-order valence-corrected chi connectivity index (χ1v) is 7.99. The second-order valence-corrected chi connectivity index (χ2v) is 6.61. The Morgan fingerprint density at radius 3 is 2.82 bits per heavy atom. The number of piperidine rings is 2. The number of amides is 2. The van der Waals surface area contributed by atoms with E-state index in [2.05, 4.69) is 4.98 Å². The van der Waals surface area contributed by atoms with Crippen molar-refractivity contribution in [2.45, 2.75) is 44.6 Å². The minimum Gasteiger partial charge on any atom is -0.338 e. The summed E-state index contributed by atoms with van der Waals surface area (Å²) in [5.41, 5.74) is 1.46. The molecule has 3 heterocycles. The van der Waals surface area contributed by atoms with Gasteiger partial charge in [0.15, 0.2) is 0 Å². The summed E-state index contributed by atoms with van der Waals surface area (Å²) < 4.78 is 0. The van der Waals surface area contributed by atoms with E-state index in [-0.39, 0.29) is 17.4 Å². The van der Waals surface area contributed by atoms with Crippen LogP contribution < -0.4 is 0 Å². The van der Waals surface area contributed by atoms with E-state index in [4.69, 9.17) is 0 Å². The van der Waals surface area contributed by atoms with Crippen LogP contribution in [0.5, 0.6) is 0 Å². The van der Waals surface area contributed by atoms with Gasteiger partial charge in [-0.2, -0.15) is 0 Å². The van der Waals surface area contributed by atoms with Crippen LogP contribution in [0.25, 0.3) is 0 Å². The van der Waals surface area contributed by atoms with Gasteiger partial charge in [0.25, 0.3) is 5.91 Å². The maximum absolute atomic E-state index is 12.7. The lowest BCUT2D eigenvalue weighted by Gasteiger charge is -2.50. The molecule has 0 saturated carbocycles. The molecule has 1 spiro atoms. The molecule has 0 N–H and O–H groups in total. The SMILES string of the molecule is Cc1cncc(C(=O)N2CCCC3(CCCC(=O)N3C)C2)c1. The predicted molar refractivity (Wildman–Crippen MR) is 83.5 cm³/mol. The summed E-state index contributed by atoms with van der Waals surface area (Å²) in [6.45, 7) is 3.34. The van der Waals surface area contributed by atoms with Crippen LogP contribution in [0.2, 0.25) is 0 Å². The van der Waals surface area contributed by atoms with Crippen LogP contribution in [0, 0.1) is 6.92 Å². The number of hydrogen-bond acceptors (Lipinski definition) is 3. The van der Waals surface area contributed by atoms with E-state index in [0.29, 0.717) is 18.5 Å². The summed E-state index contributed by atoms with van der Waals surface area (Å²) in [4.78, 5) is 32.7. The van der Waals surface area contributed by atoms with Crippen molar-refractivity contribution >= 4 is 11.8 Å². The lowest BCUT2D eigenvalue weighted by Crippen LogP contribution is -2.61. The normalized spacial score (nSPS) is 25.6. The highest BCUT2D eigenvalue weighted by molar-refractivity contribution is 5.94. The molecule has 2 aliphatic rings. The van der Waals surface area contributed by atoms with Gasteiger partial charge in [-0.1, -0.05) is 0 Å². The summed E-state index contributed by atoms with van der Waals surface area (Å²) in [7, 11) is 1.89. The third-order valence-electron chi connectivity index (χ3n) is 5.08. The van der Waals surface area contributed by atoms with Crippen molar-refractivity contribution in [3.8, 4) is 0 Å². The van der Waals surface area contributed by atoms with Crippen molar-refractivity contribution in [2.24, 2.45) is 0 Å². The molecule has 2 aliphatic heterocycles. The highest BCUT2D eigenvalue weighted by Crippen LogP contribution is 2.36. The first-order chi connectivity index (χ1) is 10.5. The molecule has 1 aromatic rings. The average molecular weight is 301 g/mol. The molecule has 5 nitrogen and oxygen atoms in total. The fraction of sp³-hybridized carbons (Fsp3) is 0.588. The number of carbonyl (C=O) groups excluding carboxylic acids is 2. The van der Waals surface area contributed by atoms with Crippen LogP contribution >= 0.6 is 0 Å². The second-order valence-electron chi connectivity index (χ2n) is 6.61. The number of carbonyl (C=O) groups is 2. The molecule has 0 aromatic carbocycles. The molecule has 0 aliphatic carbocycles. The van der Waals surface area contributed by atoms with Gasteiger partial charge in [-0.25, -0.2) is 0 Å². The molecule has 22 heavy (non-hydrogen) atoms. The van der Waals surface area contributed by atoms with Crippen LogP contribution in [0.15, 0.2) is 18.5 Å². The van der Waals surface area contributed by atoms with E-state index in [0.717, 1.165) is 37.8 Å². The van der Waals surface area contributed by atoms with Gasteiger partial charge in [-0.3, -0.25) is 14.6 Å². The zero-order valence-corrected chi connectivity index (χ0v) is 13.3. The lowest BCUT2D eigenvalue weighted by atomic mass is 9.80. The van der Waals surface area contributed by atoms with Gasteiger partial charge in [0, 0.05) is 39.0 Å². The number of aryl methyl sites for hydroxylation is 1. The fourth-order valence-electron chi connectivity index (χ4n) is 3.79. The second kappa shape index (κ2) is 5.71. The van der Waals surface area contributed by atoms with E-state index in [1.165, 1.54) is 0 Å². The number of pyridine rings is 1. The quantitative estimate of drug-likeness (QED) is 0.797. The molecular weight excluding hydrogens is 278 g/mol. The number of nitrogens with zero attached hydrogens (tertiary/aromatic N) is 3. The van der Waals surface area contributed by atoms with Crippen molar-refractivity contribution in [1.29, 1.82) is 0 Å². The number of hydrogen-bond donors (Lipinski definition) is 0. The molecule has 1 unspecified atom stereocenters. The zero-order chi connectivity index (χ0) is 15.7. The Morgan fingerprint density at radius 1 is 1.27 bits per heavy atom. The first-order valence-electron chi connectivity index (χ1n) is 7.99. The first kappa shape index (κ1) is 15.0. The topological polar surface area (TPSA) is 53.5 Å². The largest absolute Gasteiger partial charge is 0.338 e. The molecule has 0 radical (unpaired) electrons. The fourth-order valence-corrected chi connectivity index (χ4v) is 3.79. The number of likely N-dealkylation sites (N-methyl/N-ethyl adjacent to an activating group) is 1. The van der Waals surface area contributed by atoms with Crippen LogP contribution in [0.1, 0.15) is 48.0 Å². The standard InChI is InChI=1S/C17H23N3O2/c1-13-9-14(11-18-10-13)16(22)20-8-4-7-17(12-20)6-3-5-15(21)19(17)2/h9-11H,3-8,12H2,1-2H3. The third-order valence-corrected chi connectivity index (χ3v) is 5.08. The molecule has 3 rings (SSSR count). The number of aromatic nitrogens is 1. The molecule has 118 valence electrons. The molecule has 2 saturated heterocycles. The van der Waals surface area contributed by atoms with Gasteiger partial charge >= 0.3 is 0 Å². The molecular formula is C17H23N3O2. The summed E-state index contributed by atoms with van der Waals surface area (Å²) in [5.74, 6) is 0.236. The minimum absolute atomic E-state index is 0.0293. The summed E-state index contributed by atoms with van der Waals surface area (Å²) >= 11 is 0. The zero-order valence-electron chi connectivity index (χ0n) is 13.3. The monoisotopic (exact) mass is 301 g/mol.